The Morgan fingerprint density at radius 1 is 1.00 bits per heavy atom. The number of methoxy groups -OCH3 is 1. The first kappa shape index (κ1) is 19.8. The highest BCUT2D eigenvalue weighted by molar-refractivity contribution is 7.62. The van der Waals surface area contributed by atoms with Crippen molar-refractivity contribution in [2.45, 2.75) is 0 Å². The summed E-state index contributed by atoms with van der Waals surface area (Å²) in [6, 6.07) is 15.4. The summed E-state index contributed by atoms with van der Waals surface area (Å²) in [6.07, 6.45) is 0. The van der Waals surface area contributed by atoms with Crippen LogP contribution in [-0.4, -0.2) is 34.5 Å². The topological polar surface area (TPSA) is 114 Å². The molecule has 0 aromatic heterocycles. The van der Waals surface area contributed by atoms with Gasteiger partial charge in [0.25, 0.3) is 5.91 Å². The number of amides is 3. The lowest BCUT2D eigenvalue weighted by atomic mass is 10.2. The van der Waals surface area contributed by atoms with Gasteiger partial charge in [0.05, 0.1) is 12.7 Å². The lowest BCUT2D eigenvalue weighted by Gasteiger charge is -2.02. The van der Waals surface area contributed by atoms with Crippen LogP contribution in [0.1, 0.15) is 10.4 Å². The molecule has 0 fully saturated rings. The molecule has 0 aliphatic heterocycles. The second-order valence-electron chi connectivity index (χ2n) is 4.38. The molecule has 25 heavy (non-hydrogen) atoms. The quantitative estimate of drug-likeness (QED) is 0.869. The lowest BCUT2D eigenvalue weighted by Crippen LogP contribution is -2.24. The Hall–Kier alpha value is -3.20. The van der Waals surface area contributed by atoms with Crippen molar-refractivity contribution in [3.05, 3.63) is 60.2 Å². The van der Waals surface area contributed by atoms with Gasteiger partial charge in [0.15, 0.2) is 0 Å². The molecule has 0 atom stereocenters. The van der Waals surface area contributed by atoms with Crippen molar-refractivity contribution >= 4 is 28.1 Å². The molecule has 0 aliphatic carbocycles. The van der Waals surface area contributed by atoms with E-state index in [1.165, 1.54) is 13.2 Å². The average molecular weight is 363 g/mol. The molecule has 0 heterocycles. The number of nitrogens with one attached hydrogen (secondary N) is 2. The summed E-state index contributed by atoms with van der Waals surface area (Å²) in [6.45, 7) is 0. The minimum atomic E-state index is -2.74. The van der Waals surface area contributed by atoms with Crippen molar-refractivity contribution in [1.29, 1.82) is 0 Å². The first-order chi connectivity index (χ1) is 12.0. The second-order valence-corrected chi connectivity index (χ2v) is 5.00. The van der Waals surface area contributed by atoms with Gasteiger partial charge in [-0.3, -0.25) is 4.79 Å². The van der Waals surface area contributed by atoms with Crippen LogP contribution in [0, 0.1) is 0 Å². The number of anilines is 1. The molecule has 0 saturated carbocycles. The van der Waals surface area contributed by atoms with Gasteiger partial charge < -0.3 is 15.4 Å². The molecule has 0 aliphatic rings. The van der Waals surface area contributed by atoms with E-state index in [1.807, 2.05) is 30.3 Å². The molecule has 2 N–H and O–H groups in total. The Bertz CT molecular complexity index is 843. The van der Waals surface area contributed by atoms with E-state index < -0.39 is 16.4 Å². The molecule has 0 spiro atoms. The predicted molar refractivity (Wildman–Crippen MR) is 93.2 cm³/mol. The molecule has 2 aromatic carbocycles. The van der Waals surface area contributed by atoms with Crippen LogP contribution in [0.5, 0.6) is 5.75 Å². The van der Waals surface area contributed by atoms with Crippen molar-refractivity contribution in [2.75, 3.05) is 19.5 Å². The Balaban J connectivity index is 0.000000257. The van der Waals surface area contributed by atoms with Crippen LogP contribution in [0.3, 0.4) is 0 Å². The lowest BCUT2D eigenvalue weighted by molar-refractivity contribution is 0.100. The number of nitrogens with zero attached hydrogens (tertiary/aromatic N) is 1. The average Bonchev–Trinajstić information content (AvgIpc) is 2.62. The fourth-order valence-corrected chi connectivity index (χ4v) is 1.89. The van der Waals surface area contributed by atoms with Crippen LogP contribution >= 0.6 is 0 Å². The minimum absolute atomic E-state index is 0.124. The Morgan fingerprint density at radius 3 is 2.16 bits per heavy atom. The smallest absolute Gasteiger partial charge is 0.319 e. The number of urea groups is 1. The Morgan fingerprint density at radius 2 is 1.60 bits per heavy atom. The third-order valence-corrected chi connectivity index (χ3v) is 3.07. The zero-order chi connectivity index (χ0) is 18.7. The molecule has 132 valence electrons. The number of carbonyl (C=O) groups is 2. The van der Waals surface area contributed by atoms with Crippen molar-refractivity contribution in [2.24, 2.45) is 4.36 Å². The van der Waals surface area contributed by atoms with Crippen LogP contribution < -0.4 is 15.4 Å². The molecule has 2 aromatic rings. The van der Waals surface area contributed by atoms with Gasteiger partial charge in [-0.05, 0) is 24.3 Å². The van der Waals surface area contributed by atoms with E-state index in [-0.39, 0.29) is 11.6 Å². The van der Waals surface area contributed by atoms with Gasteiger partial charge >= 0.3 is 16.5 Å². The first-order valence-electron chi connectivity index (χ1n) is 7.00. The van der Waals surface area contributed by atoms with Gasteiger partial charge in [-0.25, -0.2) is 4.79 Å². The number of hydrogen-bond donors (Lipinski definition) is 2. The van der Waals surface area contributed by atoms with Gasteiger partial charge in [0.1, 0.15) is 5.75 Å². The summed E-state index contributed by atoms with van der Waals surface area (Å²) in [7, 11) is 0.234. The van der Waals surface area contributed by atoms with E-state index in [1.54, 1.807) is 25.2 Å². The predicted octanol–water partition coefficient (Wildman–Crippen LogP) is 2.34. The number of para-hydroxylation sites is 2. The molecule has 3 amide bonds. The summed E-state index contributed by atoms with van der Waals surface area (Å²) in [5.41, 5.74) is 0.922. The van der Waals surface area contributed by atoms with Crippen LogP contribution in [-0.2, 0) is 10.5 Å². The van der Waals surface area contributed by atoms with Gasteiger partial charge in [0, 0.05) is 12.7 Å². The molecular formula is C16H17N3O5S. The highest BCUT2D eigenvalue weighted by Crippen LogP contribution is 2.17. The number of ether oxygens (including phenoxy) is 1. The van der Waals surface area contributed by atoms with Crippen LogP contribution in [0.2, 0.25) is 0 Å². The van der Waals surface area contributed by atoms with Crippen molar-refractivity contribution in [1.82, 2.24) is 5.32 Å². The largest absolute Gasteiger partial charge is 0.496 e. The van der Waals surface area contributed by atoms with E-state index in [2.05, 4.69) is 15.0 Å². The molecule has 2 rings (SSSR count). The maximum absolute atomic E-state index is 11.2. The summed E-state index contributed by atoms with van der Waals surface area (Å²) < 4.78 is 28.0. The fraction of sp³-hybridized carbons (Fsp3) is 0.125. The van der Waals surface area contributed by atoms with E-state index in [0.717, 1.165) is 5.69 Å². The first-order valence-corrected chi connectivity index (χ1v) is 8.03. The van der Waals surface area contributed by atoms with Gasteiger partial charge in [-0.15, -0.1) is 0 Å². The van der Waals surface area contributed by atoms with E-state index in [9.17, 15) is 18.0 Å². The highest BCUT2D eigenvalue weighted by Gasteiger charge is 2.10. The molecule has 8 nitrogen and oxygen atoms in total. The molecular weight excluding hydrogens is 346 g/mol. The minimum Gasteiger partial charge on any atom is -0.496 e. The Kier molecular flexibility index (Phi) is 8.38. The van der Waals surface area contributed by atoms with Gasteiger partial charge in [0.2, 0.25) is 0 Å². The van der Waals surface area contributed by atoms with Crippen molar-refractivity contribution in [3.63, 3.8) is 0 Å². The number of rotatable bonds is 3. The summed E-state index contributed by atoms with van der Waals surface area (Å²) in [5.74, 6) is -0.539. The highest BCUT2D eigenvalue weighted by atomic mass is 32.2. The zero-order valence-corrected chi connectivity index (χ0v) is 14.4. The molecule has 9 heteroatoms. The fourth-order valence-electron chi connectivity index (χ4n) is 1.65. The second kappa shape index (κ2) is 10.6. The number of carbonyl (C=O) groups excluding carboxylic acids is 2. The molecule has 0 saturated heterocycles. The standard InChI is InChI=1S/C8H10N2O.C8H7NO4S/c1-9-8(11)10-7-5-3-2-4-6-7;1-13-7-5-3-2-4-6(7)8(10)9-14(11)12/h2-6H,1H3,(H2,9,10,11);2-5H,1H3. The van der Waals surface area contributed by atoms with E-state index >= 15 is 0 Å². The van der Waals surface area contributed by atoms with Crippen LogP contribution in [0.15, 0.2) is 59.0 Å². The molecule has 0 bridgehead atoms. The summed E-state index contributed by atoms with van der Waals surface area (Å²) >= 11 is 0. The van der Waals surface area contributed by atoms with E-state index in [0.29, 0.717) is 5.75 Å². The maximum atomic E-state index is 11.2. The van der Waals surface area contributed by atoms with Crippen molar-refractivity contribution in [3.8, 4) is 5.75 Å². The maximum Gasteiger partial charge on any atom is 0.319 e. The van der Waals surface area contributed by atoms with Crippen LogP contribution in [0.4, 0.5) is 10.5 Å². The Labute approximate surface area is 146 Å². The molecule has 0 unspecified atom stereocenters. The SMILES string of the molecule is CNC(=O)Nc1ccccc1.COc1ccccc1C(=O)N=S(=O)=O. The third-order valence-electron chi connectivity index (χ3n) is 2.75. The summed E-state index contributed by atoms with van der Waals surface area (Å²) in [5, 5.41) is 5.10. The number of hydrogen-bond acceptors (Lipinski definition) is 5. The van der Waals surface area contributed by atoms with Crippen molar-refractivity contribution < 1.29 is 22.7 Å². The molecule has 0 radical (unpaired) electrons. The van der Waals surface area contributed by atoms with Crippen LogP contribution in [0.25, 0.3) is 0 Å². The normalized spacial score (nSPS) is 9.04. The summed E-state index contributed by atoms with van der Waals surface area (Å²) in [4.78, 5) is 22.0. The zero-order valence-electron chi connectivity index (χ0n) is 13.6. The van der Waals surface area contributed by atoms with Gasteiger partial charge in [-0.2, -0.15) is 8.42 Å². The number of benzene rings is 2. The monoisotopic (exact) mass is 363 g/mol. The van der Waals surface area contributed by atoms with E-state index in [4.69, 9.17) is 4.74 Å². The van der Waals surface area contributed by atoms with Gasteiger partial charge in [-0.1, -0.05) is 34.7 Å². The third kappa shape index (κ3) is 7.27.